The molecular formula is C15H24N2O5S. The van der Waals surface area contributed by atoms with E-state index < -0.39 is 0 Å². The number of nitrogens with zero attached hydrogens (tertiary/aromatic N) is 1. The number of likely N-dealkylation sites (tertiary alicyclic amines) is 1. The lowest BCUT2D eigenvalue weighted by Crippen LogP contribution is -2.37. The fourth-order valence-electron chi connectivity index (χ4n) is 2.30. The molecule has 1 atom stereocenters. The van der Waals surface area contributed by atoms with Crippen molar-refractivity contribution in [3.05, 3.63) is 0 Å². The number of amides is 3. The van der Waals surface area contributed by atoms with Gasteiger partial charge in [0.25, 0.3) is 0 Å². The van der Waals surface area contributed by atoms with E-state index in [4.69, 9.17) is 4.74 Å². The Labute approximate surface area is 140 Å². The fourth-order valence-corrected chi connectivity index (χ4v) is 3.48. The molecule has 0 saturated carbocycles. The van der Waals surface area contributed by atoms with E-state index in [1.54, 1.807) is 0 Å². The molecule has 1 unspecified atom stereocenters. The molecule has 1 fully saturated rings. The van der Waals surface area contributed by atoms with Gasteiger partial charge in [-0.2, -0.15) is 0 Å². The molecule has 0 aromatic heterocycles. The van der Waals surface area contributed by atoms with Gasteiger partial charge in [0.1, 0.15) is 6.61 Å². The van der Waals surface area contributed by atoms with Crippen LogP contribution in [0.5, 0.6) is 0 Å². The number of ketones is 1. The zero-order chi connectivity index (χ0) is 17.1. The molecule has 1 rings (SSSR count). The molecular weight excluding hydrogens is 320 g/mol. The van der Waals surface area contributed by atoms with E-state index in [0.717, 1.165) is 36.3 Å². The molecule has 0 spiro atoms. The Morgan fingerprint density at radius 2 is 2.09 bits per heavy atom. The molecule has 23 heavy (non-hydrogen) atoms. The summed E-state index contributed by atoms with van der Waals surface area (Å²) >= 11 is 1.48. The van der Waals surface area contributed by atoms with Gasteiger partial charge in [0.05, 0.1) is 11.8 Å². The van der Waals surface area contributed by atoms with Crippen molar-refractivity contribution in [2.45, 2.75) is 37.4 Å². The molecule has 0 radical (unpaired) electrons. The van der Waals surface area contributed by atoms with Crippen molar-refractivity contribution in [3.8, 4) is 0 Å². The summed E-state index contributed by atoms with van der Waals surface area (Å²) in [4.78, 5) is 46.6. The summed E-state index contributed by atoms with van der Waals surface area (Å²) in [5, 5.41) is 2.25. The standard InChI is InChI=1S/C15H24N2O5S/c1-22-10-12(19)9-17-14(20)8-13(15(17)21)23-7-5-3-2-4-6-16-11-18/h11,13H,2-10H2,1H3,(H,16,18). The van der Waals surface area contributed by atoms with Gasteiger partial charge in [-0.15, -0.1) is 11.8 Å². The molecule has 1 saturated heterocycles. The number of hydrogen-bond acceptors (Lipinski definition) is 6. The molecule has 0 bridgehead atoms. The number of carbonyl (C=O) groups excluding carboxylic acids is 4. The van der Waals surface area contributed by atoms with Gasteiger partial charge in [0.2, 0.25) is 18.2 Å². The number of thioether (sulfide) groups is 1. The molecule has 1 N–H and O–H groups in total. The predicted molar refractivity (Wildman–Crippen MR) is 87.0 cm³/mol. The summed E-state index contributed by atoms with van der Waals surface area (Å²) < 4.78 is 4.71. The molecule has 0 aliphatic carbocycles. The predicted octanol–water partition coefficient (Wildman–Crippen LogP) is 0.369. The number of rotatable bonds is 13. The van der Waals surface area contributed by atoms with Gasteiger partial charge in [-0.3, -0.25) is 24.1 Å². The summed E-state index contributed by atoms with van der Waals surface area (Å²) in [6, 6.07) is 0. The van der Waals surface area contributed by atoms with Crippen LogP contribution in [0.15, 0.2) is 0 Å². The van der Waals surface area contributed by atoms with Gasteiger partial charge in [-0.05, 0) is 18.6 Å². The molecule has 0 aromatic rings. The summed E-state index contributed by atoms with van der Waals surface area (Å²) in [6.45, 7) is 0.414. The van der Waals surface area contributed by atoms with Gasteiger partial charge >= 0.3 is 0 Å². The molecule has 1 heterocycles. The van der Waals surface area contributed by atoms with Gasteiger partial charge < -0.3 is 10.1 Å². The molecule has 8 heteroatoms. The van der Waals surface area contributed by atoms with Crippen LogP contribution in [-0.2, 0) is 23.9 Å². The second kappa shape index (κ2) is 11.2. The zero-order valence-electron chi connectivity index (χ0n) is 13.4. The lowest BCUT2D eigenvalue weighted by atomic mass is 10.2. The van der Waals surface area contributed by atoms with E-state index in [-0.39, 0.29) is 42.4 Å². The number of carbonyl (C=O) groups is 4. The highest BCUT2D eigenvalue weighted by Crippen LogP contribution is 2.26. The number of nitrogens with one attached hydrogen (secondary N) is 1. The van der Waals surface area contributed by atoms with Crippen LogP contribution in [0.3, 0.4) is 0 Å². The molecule has 0 aromatic carbocycles. The highest BCUT2D eigenvalue weighted by Gasteiger charge is 2.39. The third-order valence-electron chi connectivity index (χ3n) is 3.46. The Morgan fingerprint density at radius 1 is 1.35 bits per heavy atom. The molecule has 7 nitrogen and oxygen atoms in total. The Bertz CT molecular complexity index is 430. The third kappa shape index (κ3) is 7.13. The average molecular weight is 344 g/mol. The maximum absolute atomic E-state index is 12.1. The number of imide groups is 1. The minimum atomic E-state index is -0.366. The lowest BCUT2D eigenvalue weighted by molar-refractivity contribution is -0.142. The van der Waals surface area contributed by atoms with Gasteiger partial charge in [-0.25, -0.2) is 0 Å². The smallest absolute Gasteiger partial charge is 0.243 e. The summed E-state index contributed by atoms with van der Waals surface area (Å²) in [5.74, 6) is -0.00899. The van der Waals surface area contributed by atoms with Crippen LogP contribution in [0.25, 0.3) is 0 Å². The molecule has 3 amide bonds. The van der Waals surface area contributed by atoms with Crippen LogP contribution in [-0.4, -0.2) is 66.7 Å². The van der Waals surface area contributed by atoms with Crippen LogP contribution in [0.2, 0.25) is 0 Å². The molecule has 130 valence electrons. The Kier molecular flexibility index (Phi) is 9.54. The maximum atomic E-state index is 12.1. The summed E-state index contributed by atoms with van der Waals surface area (Å²) in [7, 11) is 1.40. The van der Waals surface area contributed by atoms with Gasteiger partial charge in [0, 0.05) is 20.1 Å². The minimum Gasteiger partial charge on any atom is -0.377 e. The van der Waals surface area contributed by atoms with Crippen LogP contribution in [0, 0.1) is 0 Å². The topological polar surface area (TPSA) is 92.8 Å². The normalized spacial score (nSPS) is 17.6. The third-order valence-corrected chi connectivity index (χ3v) is 4.76. The first-order valence-electron chi connectivity index (χ1n) is 7.73. The van der Waals surface area contributed by atoms with E-state index in [9.17, 15) is 19.2 Å². The van der Waals surface area contributed by atoms with Gasteiger partial charge in [-0.1, -0.05) is 12.8 Å². The van der Waals surface area contributed by atoms with Crippen molar-refractivity contribution >= 4 is 35.8 Å². The SMILES string of the molecule is COCC(=O)CN1C(=O)CC(SCCCCCCNC=O)C1=O. The number of ether oxygens (including phenoxy) is 1. The number of Topliss-reactive ketones (excluding diaryl/α,β-unsaturated/α-hetero) is 1. The summed E-state index contributed by atoms with van der Waals surface area (Å²) in [5.41, 5.74) is 0. The van der Waals surface area contributed by atoms with E-state index >= 15 is 0 Å². The van der Waals surface area contributed by atoms with Crippen molar-refractivity contribution in [3.63, 3.8) is 0 Å². The van der Waals surface area contributed by atoms with Crippen LogP contribution < -0.4 is 5.32 Å². The summed E-state index contributed by atoms with van der Waals surface area (Å²) in [6.07, 6.45) is 4.83. The van der Waals surface area contributed by atoms with E-state index in [2.05, 4.69) is 5.32 Å². The van der Waals surface area contributed by atoms with E-state index in [1.165, 1.54) is 18.9 Å². The zero-order valence-corrected chi connectivity index (χ0v) is 14.2. The van der Waals surface area contributed by atoms with Crippen molar-refractivity contribution in [2.24, 2.45) is 0 Å². The number of methoxy groups -OCH3 is 1. The first-order chi connectivity index (χ1) is 11.1. The second-order valence-electron chi connectivity index (χ2n) is 5.34. The fraction of sp³-hybridized carbons (Fsp3) is 0.733. The van der Waals surface area contributed by atoms with Crippen LogP contribution in [0.4, 0.5) is 0 Å². The maximum Gasteiger partial charge on any atom is 0.243 e. The minimum absolute atomic E-state index is 0.0895. The Balaban J connectivity index is 2.20. The second-order valence-corrected chi connectivity index (χ2v) is 6.65. The van der Waals surface area contributed by atoms with Crippen LogP contribution in [0.1, 0.15) is 32.1 Å². The Hall–Kier alpha value is -1.41. The molecule has 1 aliphatic rings. The lowest BCUT2D eigenvalue weighted by Gasteiger charge is -2.13. The van der Waals surface area contributed by atoms with Crippen molar-refractivity contribution in [1.29, 1.82) is 0 Å². The van der Waals surface area contributed by atoms with Gasteiger partial charge in [0.15, 0.2) is 5.78 Å². The average Bonchev–Trinajstić information content (AvgIpc) is 2.78. The Morgan fingerprint density at radius 3 is 2.78 bits per heavy atom. The largest absolute Gasteiger partial charge is 0.377 e. The number of unbranched alkanes of at least 4 members (excludes halogenated alkanes) is 3. The first-order valence-corrected chi connectivity index (χ1v) is 8.78. The van der Waals surface area contributed by atoms with Crippen molar-refractivity contribution in [1.82, 2.24) is 10.2 Å². The monoisotopic (exact) mass is 344 g/mol. The van der Waals surface area contributed by atoms with Crippen molar-refractivity contribution < 1.29 is 23.9 Å². The highest BCUT2D eigenvalue weighted by molar-refractivity contribution is 8.00. The number of hydrogen-bond donors (Lipinski definition) is 1. The molecule has 1 aliphatic heterocycles. The highest BCUT2D eigenvalue weighted by atomic mass is 32.2. The van der Waals surface area contributed by atoms with E-state index in [1.807, 2.05) is 0 Å². The first kappa shape index (κ1) is 19.6. The van der Waals surface area contributed by atoms with Crippen LogP contribution >= 0.6 is 11.8 Å². The quantitative estimate of drug-likeness (QED) is 0.295. The van der Waals surface area contributed by atoms with E-state index in [0.29, 0.717) is 13.0 Å². The van der Waals surface area contributed by atoms with Crippen molar-refractivity contribution in [2.75, 3.05) is 32.6 Å².